The van der Waals surface area contributed by atoms with Gasteiger partial charge in [-0.1, -0.05) is 20.8 Å². The summed E-state index contributed by atoms with van der Waals surface area (Å²) in [6, 6.07) is 0. The highest BCUT2D eigenvalue weighted by atomic mass is 32.2. The third kappa shape index (κ3) is 5.23. The van der Waals surface area contributed by atoms with Crippen LogP contribution in [0.3, 0.4) is 0 Å². The fourth-order valence-electron chi connectivity index (χ4n) is 1.45. The van der Waals surface area contributed by atoms with Gasteiger partial charge in [-0.15, -0.1) is 0 Å². The van der Waals surface area contributed by atoms with Crippen LogP contribution in [0.1, 0.15) is 40.0 Å². The summed E-state index contributed by atoms with van der Waals surface area (Å²) in [6.07, 6.45) is 3.20. The molecule has 0 unspecified atom stereocenters. The summed E-state index contributed by atoms with van der Waals surface area (Å²) in [6.45, 7) is 7.73. The highest BCUT2D eigenvalue weighted by molar-refractivity contribution is 7.99. The second-order valence-electron chi connectivity index (χ2n) is 3.62. The minimum absolute atomic E-state index is 0.0309. The average molecular weight is 219 g/mol. The molecule has 0 aromatic carbocycles. The highest BCUT2D eigenvalue weighted by Gasteiger charge is 2.23. The summed E-state index contributed by atoms with van der Waals surface area (Å²) in [5.41, 5.74) is -0.0309. The Balaban J connectivity index is 3.61. The average Bonchev–Trinajstić information content (AvgIpc) is 2.24. The Morgan fingerprint density at radius 3 is 2.29 bits per heavy atom. The minimum Gasteiger partial charge on any atom is -0.394 e. The van der Waals surface area contributed by atoms with E-state index in [2.05, 4.69) is 26.1 Å². The first kappa shape index (κ1) is 14.3. The van der Waals surface area contributed by atoms with Crippen molar-refractivity contribution in [3.8, 4) is 0 Å². The summed E-state index contributed by atoms with van der Waals surface area (Å²) in [4.78, 5) is 0. The molecule has 86 valence electrons. The molecule has 0 aromatic heterocycles. The van der Waals surface area contributed by atoms with E-state index in [0.717, 1.165) is 19.4 Å². The maximum Gasteiger partial charge on any atom is 0.0613 e. The molecular formula is C11H25NOS. The monoisotopic (exact) mass is 219 g/mol. The lowest BCUT2D eigenvalue weighted by molar-refractivity contribution is 0.151. The molecule has 3 heteroatoms. The van der Waals surface area contributed by atoms with Gasteiger partial charge in [0, 0.05) is 5.54 Å². The van der Waals surface area contributed by atoms with Crippen LogP contribution in [0.4, 0.5) is 0 Å². The van der Waals surface area contributed by atoms with E-state index in [1.165, 1.54) is 17.9 Å². The normalized spacial score (nSPS) is 12.0. The van der Waals surface area contributed by atoms with Crippen molar-refractivity contribution in [2.75, 3.05) is 24.7 Å². The molecule has 0 saturated carbocycles. The van der Waals surface area contributed by atoms with Crippen LogP contribution in [0.25, 0.3) is 0 Å². The lowest BCUT2D eigenvalue weighted by Crippen LogP contribution is -2.47. The Morgan fingerprint density at radius 1 is 1.21 bits per heavy atom. The van der Waals surface area contributed by atoms with Crippen molar-refractivity contribution < 1.29 is 5.11 Å². The fraction of sp³-hybridized carbons (Fsp3) is 1.00. The molecular weight excluding hydrogens is 194 g/mol. The van der Waals surface area contributed by atoms with Gasteiger partial charge in [0.15, 0.2) is 0 Å². The topological polar surface area (TPSA) is 32.3 Å². The van der Waals surface area contributed by atoms with Crippen LogP contribution < -0.4 is 5.32 Å². The van der Waals surface area contributed by atoms with Crippen LogP contribution >= 0.6 is 11.8 Å². The molecule has 0 bridgehead atoms. The summed E-state index contributed by atoms with van der Waals surface area (Å²) in [7, 11) is 0. The zero-order chi connectivity index (χ0) is 10.9. The Kier molecular flexibility index (Phi) is 8.73. The quantitative estimate of drug-likeness (QED) is 0.584. The largest absolute Gasteiger partial charge is 0.394 e. The molecule has 0 saturated heterocycles. The predicted molar refractivity (Wildman–Crippen MR) is 66.0 cm³/mol. The third-order valence-electron chi connectivity index (χ3n) is 2.83. The van der Waals surface area contributed by atoms with Gasteiger partial charge < -0.3 is 10.4 Å². The Hall–Kier alpha value is 0.270. The molecule has 2 nitrogen and oxygen atoms in total. The number of hydrogen-bond donors (Lipinski definition) is 2. The van der Waals surface area contributed by atoms with E-state index in [1.807, 2.05) is 11.8 Å². The van der Waals surface area contributed by atoms with Crippen molar-refractivity contribution in [3.63, 3.8) is 0 Å². The Morgan fingerprint density at radius 2 is 1.86 bits per heavy atom. The van der Waals surface area contributed by atoms with E-state index in [-0.39, 0.29) is 12.1 Å². The van der Waals surface area contributed by atoms with Crippen LogP contribution in [0.15, 0.2) is 0 Å². The zero-order valence-electron chi connectivity index (χ0n) is 9.81. The van der Waals surface area contributed by atoms with Crippen molar-refractivity contribution in [2.45, 2.75) is 45.6 Å². The zero-order valence-corrected chi connectivity index (χ0v) is 10.6. The third-order valence-corrected chi connectivity index (χ3v) is 3.81. The standard InChI is InChI=1S/C11H25NOS/c1-4-11(5-2,10-13)12-8-7-9-14-6-3/h12-13H,4-10H2,1-3H3. The van der Waals surface area contributed by atoms with Crippen LogP contribution in [0, 0.1) is 0 Å². The molecule has 0 rings (SSSR count). The van der Waals surface area contributed by atoms with Crippen LogP contribution in [0.2, 0.25) is 0 Å². The fourth-order valence-corrected chi connectivity index (χ4v) is 2.09. The molecule has 0 aliphatic carbocycles. The number of thioether (sulfide) groups is 1. The first-order valence-corrected chi connectivity index (χ1v) is 6.83. The second-order valence-corrected chi connectivity index (χ2v) is 5.02. The SMILES string of the molecule is CCSCCCNC(CC)(CC)CO. The Bertz CT molecular complexity index is 118. The van der Waals surface area contributed by atoms with E-state index >= 15 is 0 Å². The van der Waals surface area contributed by atoms with Crippen LogP contribution in [0.5, 0.6) is 0 Å². The lowest BCUT2D eigenvalue weighted by Gasteiger charge is -2.30. The van der Waals surface area contributed by atoms with Gasteiger partial charge in [-0.3, -0.25) is 0 Å². The maximum atomic E-state index is 9.31. The van der Waals surface area contributed by atoms with Crippen molar-refractivity contribution in [1.29, 1.82) is 0 Å². The molecule has 0 aliphatic heterocycles. The smallest absolute Gasteiger partial charge is 0.0613 e. The predicted octanol–water partition coefficient (Wildman–Crippen LogP) is 2.27. The first-order chi connectivity index (χ1) is 6.74. The van der Waals surface area contributed by atoms with E-state index in [0.29, 0.717) is 0 Å². The van der Waals surface area contributed by atoms with E-state index in [1.54, 1.807) is 0 Å². The van der Waals surface area contributed by atoms with E-state index in [9.17, 15) is 5.11 Å². The molecule has 0 aromatic rings. The molecule has 2 N–H and O–H groups in total. The van der Waals surface area contributed by atoms with Gasteiger partial charge in [0.25, 0.3) is 0 Å². The second kappa shape index (κ2) is 8.57. The van der Waals surface area contributed by atoms with Gasteiger partial charge in [-0.05, 0) is 37.3 Å². The maximum absolute atomic E-state index is 9.31. The van der Waals surface area contributed by atoms with Crippen LogP contribution in [-0.4, -0.2) is 35.3 Å². The number of nitrogens with one attached hydrogen (secondary N) is 1. The molecule has 0 radical (unpaired) electrons. The molecule has 14 heavy (non-hydrogen) atoms. The van der Waals surface area contributed by atoms with Gasteiger partial charge in [0.2, 0.25) is 0 Å². The van der Waals surface area contributed by atoms with Crippen LogP contribution in [-0.2, 0) is 0 Å². The number of aliphatic hydroxyl groups is 1. The summed E-state index contributed by atoms with van der Waals surface area (Å²) in [5, 5.41) is 12.8. The number of rotatable bonds is 9. The van der Waals surface area contributed by atoms with Gasteiger partial charge in [0.1, 0.15) is 0 Å². The molecule has 0 heterocycles. The summed E-state index contributed by atoms with van der Waals surface area (Å²) < 4.78 is 0. The first-order valence-electron chi connectivity index (χ1n) is 5.68. The van der Waals surface area contributed by atoms with E-state index < -0.39 is 0 Å². The van der Waals surface area contributed by atoms with Crippen molar-refractivity contribution >= 4 is 11.8 Å². The van der Waals surface area contributed by atoms with E-state index in [4.69, 9.17) is 0 Å². The lowest BCUT2D eigenvalue weighted by atomic mass is 9.94. The summed E-state index contributed by atoms with van der Waals surface area (Å²) >= 11 is 1.98. The van der Waals surface area contributed by atoms with Gasteiger partial charge in [-0.2, -0.15) is 11.8 Å². The Labute approximate surface area is 92.9 Å². The number of hydrogen-bond acceptors (Lipinski definition) is 3. The summed E-state index contributed by atoms with van der Waals surface area (Å²) in [5.74, 6) is 2.42. The molecule has 0 amide bonds. The van der Waals surface area contributed by atoms with Crippen molar-refractivity contribution in [2.24, 2.45) is 0 Å². The van der Waals surface area contributed by atoms with Gasteiger partial charge >= 0.3 is 0 Å². The van der Waals surface area contributed by atoms with Gasteiger partial charge in [-0.25, -0.2) is 0 Å². The minimum atomic E-state index is -0.0309. The molecule has 0 aliphatic rings. The molecule has 0 spiro atoms. The number of aliphatic hydroxyl groups excluding tert-OH is 1. The molecule has 0 atom stereocenters. The van der Waals surface area contributed by atoms with Crippen molar-refractivity contribution in [1.82, 2.24) is 5.32 Å². The molecule has 0 fully saturated rings. The van der Waals surface area contributed by atoms with Crippen molar-refractivity contribution in [3.05, 3.63) is 0 Å². The van der Waals surface area contributed by atoms with Gasteiger partial charge in [0.05, 0.1) is 6.61 Å². The highest BCUT2D eigenvalue weighted by Crippen LogP contribution is 2.14.